The predicted molar refractivity (Wildman–Crippen MR) is 70.1 cm³/mol. The normalized spacial score (nSPS) is 12.9. The molecule has 1 unspecified atom stereocenters. The molecule has 4 nitrogen and oxygen atoms in total. The van der Waals surface area contributed by atoms with E-state index in [2.05, 4.69) is 16.5 Å². The van der Waals surface area contributed by atoms with Gasteiger partial charge < -0.3 is 9.84 Å². The molecule has 0 radical (unpaired) electrons. The fraction of sp³-hybridized carbons (Fsp3) is 0.583. The van der Waals surface area contributed by atoms with Crippen molar-refractivity contribution in [1.82, 2.24) is 9.88 Å². The Bertz CT molecular complexity index is 341. The first-order valence-electron chi connectivity index (χ1n) is 5.62. The molecule has 1 aromatic heterocycles. The van der Waals surface area contributed by atoms with Crippen molar-refractivity contribution in [2.45, 2.75) is 19.6 Å². The van der Waals surface area contributed by atoms with Crippen molar-refractivity contribution in [3.8, 4) is 0 Å². The summed E-state index contributed by atoms with van der Waals surface area (Å²) in [5.41, 5.74) is 1.02. The summed E-state index contributed by atoms with van der Waals surface area (Å²) in [5.74, 6) is 0. The number of thiazole rings is 1. The van der Waals surface area contributed by atoms with Gasteiger partial charge in [0, 0.05) is 32.1 Å². The first kappa shape index (κ1) is 14.3. The largest absolute Gasteiger partial charge is 0.395 e. The number of aliphatic hydroxyl groups excluding tert-OH is 1. The minimum Gasteiger partial charge on any atom is -0.395 e. The van der Waals surface area contributed by atoms with Crippen molar-refractivity contribution >= 4 is 11.3 Å². The van der Waals surface area contributed by atoms with Crippen LogP contribution in [0.5, 0.6) is 0 Å². The Hall–Kier alpha value is -0.750. The first-order chi connectivity index (χ1) is 8.21. The maximum Gasteiger partial charge on any atom is 0.122 e. The van der Waals surface area contributed by atoms with Crippen molar-refractivity contribution in [2.24, 2.45) is 0 Å². The Labute approximate surface area is 107 Å². The fourth-order valence-electron chi connectivity index (χ4n) is 1.47. The van der Waals surface area contributed by atoms with Gasteiger partial charge in [-0.25, -0.2) is 4.98 Å². The molecule has 0 aliphatic heterocycles. The zero-order chi connectivity index (χ0) is 12.7. The molecule has 0 saturated carbocycles. The third kappa shape index (κ3) is 4.55. The van der Waals surface area contributed by atoms with Gasteiger partial charge in [-0.15, -0.1) is 17.9 Å². The highest BCUT2D eigenvalue weighted by Crippen LogP contribution is 2.20. The highest BCUT2D eigenvalue weighted by Gasteiger charge is 2.11. The number of hydrogen-bond donors (Lipinski definition) is 1. The molecule has 0 bridgehead atoms. The molecular formula is C12H20N2O2S. The third-order valence-electron chi connectivity index (χ3n) is 2.46. The minimum absolute atomic E-state index is 0.0412. The molecule has 1 aromatic rings. The second kappa shape index (κ2) is 7.55. The maximum atomic E-state index is 8.96. The van der Waals surface area contributed by atoms with Crippen molar-refractivity contribution in [2.75, 3.05) is 26.8 Å². The van der Waals surface area contributed by atoms with E-state index in [1.165, 1.54) is 0 Å². The van der Waals surface area contributed by atoms with Crippen molar-refractivity contribution < 1.29 is 9.84 Å². The van der Waals surface area contributed by atoms with Gasteiger partial charge in [-0.2, -0.15) is 0 Å². The van der Waals surface area contributed by atoms with Gasteiger partial charge in [-0.3, -0.25) is 4.90 Å². The maximum absolute atomic E-state index is 8.96. The molecule has 1 heterocycles. The molecule has 1 rings (SSSR count). The van der Waals surface area contributed by atoms with Gasteiger partial charge >= 0.3 is 0 Å². The number of rotatable bonds is 8. The van der Waals surface area contributed by atoms with Gasteiger partial charge in [0.1, 0.15) is 11.1 Å². The van der Waals surface area contributed by atoms with Gasteiger partial charge in [0.2, 0.25) is 0 Å². The van der Waals surface area contributed by atoms with E-state index in [0.29, 0.717) is 6.54 Å². The molecule has 0 fully saturated rings. The van der Waals surface area contributed by atoms with Gasteiger partial charge in [0.25, 0.3) is 0 Å². The van der Waals surface area contributed by atoms with Gasteiger partial charge in [0.15, 0.2) is 0 Å². The van der Waals surface area contributed by atoms with Crippen LogP contribution in [-0.2, 0) is 11.3 Å². The van der Waals surface area contributed by atoms with Crippen LogP contribution in [0, 0.1) is 0 Å². The van der Waals surface area contributed by atoms with Crippen LogP contribution in [-0.4, -0.2) is 41.8 Å². The minimum atomic E-state index is 0.0412. The first-order valence-corrected chi connectivity index (χ1v) is 6.50. The van der Waals surface area contributed by atoms with Crippen LogP contribution in [0.3, 0.4) is 0 Å². The SMILES string of the molecule is C=CCN(CCO)Cc1csc(C(C)OC)n1. The van der Waals surface area contributed by atoms with Crippen LogP contribution in [0.25, 0.3) is 0 Å². The molecule has 0 saturated heterocycles. The standard InChI is InChI=1S/C12H20N2O2S/c1-4-5-14(6-7-15)8-11-9-17-12(13-11)10(2)16-3/h4,9-10,15H,1,5-8H2,2-3H3. The molecule has 0 aromatic carbocycles. The van der Waals surface area contributed by atoms with E-state index in [-0.39, 0.29) is 12.7 Å². The highest BCUT2D eigenvalue weighted by atomic mass is 32.1. The van der Waals surface area contributed by atoms with Crippen LogP contribution in [0.4, 0.5) is 0 Å². The molecule has 1 atom stereocenters. The van der Waals surface area contributed by atoms with Crippen LogP contribution in [0.15, 0.2) is 18.0 Å². The summed E-state index contributed by atoms with van der Waals surface area (Å²) < 4.78 is 5.23. The van der Waals surface area contributed by atoms with E-state index in [0.717, 1.165) is 23.8 Å². The predicted octanol–water partition coefficient (Wildman–Crippen LogP) is 1.83. The van der Waals surface area contributed by atoms with E-state index >= 15 is 0 Å². The zero-order valence-corrected chi connectivity index (χ0v) is 11.2. The lowest BCUT2D eigenvalue weighted by Gasteiger charge is -2.17. The summed E-state index contributed by atoms with van der Waals surface area (Å²) in [6, 6.07) is 0. The number of hydrogen-bond acceptors (Lipinski definition) is 5. The Morgan fingerprint density at radius 2 is 2.47 bits per heavy atom. The number of aliphatic hydroxyl groups is 1. The molecule has 1 N–H and O–H groups in total. The Morgan fingerprint density at radius 3 is 3.06 bits per heavy atom. The molecule has 96 valence electrons. The summed E-state index contributed by atoms with van der Waals surface area (Å²) >= 11 is 1.61. The summed E-state index contributed by atoms with van der Waals surface area (Å²) in [6.07, 6.45) is 1.88. The molecule has 5 heteroatoms. The van der Waals surface area contributed by atoms with E-state index < -0.39 is 0 Å². The summed E-state index contributed by atoms with van der Waals surface area (Å²) in [6.45, 7) is 7.98. The Kier molecular flexibility index (Phi) is 6.36. The quantitative estimate of drug-likeness (QED) is 0.721. The van der Waals surface area contributed by atoms with E-state index in [9.17, 15) is 0 Å². The van der Waals surface area contributed by atoms with Crippen LogP contribution >= 0.6 is 11.3 Å². The second-order valence-electron chi connectivity index (χ2n) is 3.80. The molecular weight excluding hydrogens is 236 g/mol. The average Bonchev–Trinajstić information content (AvgIpc) is 2.77. The van der Waals surface area contributed by atoms with Gasteiger partial charge in [-0.1, -0.05) is 6.08 Å². The van der Waals surface area contributed by atoms with E-state index in [4.69, 9.17) is 9.84 Å². The fourth-order valence-corrected chi connectivity index (χ4v) is 2.31. The lowest BCUT2D eigenvalue weighted by atomic mass is 10.3. The van der Waals surface area contributed by atoms with Crippen LogP contribution in [0.2, 0.25) is 0 Å². The molecule has 17 heavy (non-hydrogen) atoms. The van der Waals surface area contributed by atoms with Crippen LogP contribution < -0.4 is 0 Å². The molecule has 0 amide bonds. The number of ether oxygens (including phenoxy) is 1. The van der Waals surface area contributed by atoms with Crippen molar-refractivity contribution in [3.63, 3.8) is 0 Å². The Balaban J connectivity index is 2.59. The number of aromatic nitrogens is 1. The number of nitrogens with zero attached hydrogens (tertiary/aromatic N) is 2. The van der Waals surface area contributed by atoms with Crippen molar-refractivity contribution in [1.29, 1.82) is 0 Å². The monoisotopic (exact) mass is 256 g/mol. The zero-order valence-electron chi connectivity index (χ0n) is 10.4. The molecule has 0 aliphatic carbocycles. The Morgan fingerprint density at radius 1 is 1.71 bits per heavy atom. The molecule has 0 spiro atoms. The summed E-state index contributed by atoms with van der Waals surface area (Å²) in [4.78, 5) is 6.62. The topological polar surface area (TPSA) is 45.6 Å². The van der Waals surface area contributed by atoms with E-state index in [1.54, 1.807) is 18.4 Å². The van der Waals surface area contributed by atoms with Gasteiger partial charge in [0.05, 0.1) is 12.3 Å². The summed E-state index contributed by atoms with van der Waals surface area (Å²) in [7, 11) is 1.68. The van der Waals surface area contributed by atoms with Crippen LogP contribution in [0.1, 0.15) is 23.7 Å². The third-order valence-corrected chi connectivity index (χ3v) is 3.51. The lowest BCUT2D eigenvalue weighted by Crippen LogP contribution is -2.26. The summed E-state index contributed by atoms with van der Waals surface area (Å²) in [5, 5.41) is 12.0. The second-order valence-corrected chi connectivity index (χ2v) is 4.69. The van der Waals surface area contributed by atoms with Crippen molar-refractivity contribution in [3.05, 3.63) is 28.7 Å². The molecule has 0 aliphatic rings. The number of methoxy groups -OCH3 is 1. The van der Waals surface area contributed by atoms with Gasteiger partial charge in [-0.05, 0) is 6.92 Å². The smallest absolute Gasteiger partial charge is 0.122 e. The highest BCUT2D eigenvalue weighted by molar-refractivity contribution is 7.09. The van der Waals surface area contributed by atoms with E-state index in [1.807, 2.05) is 18.4 Å². The lowest BCUT2D eigenvalue weighted by molar-refractivity contribution is 0.119. The average molecular weight is 256 g/mol.